The van der Waals surface area contributed by atoms with Gasteiger partial charge in [0.1, 0.15) is 0 Å². The van der Waals surface area contributed by atoms with Crippen molar-refractivity contribution in [2.24, 2.45) is 0 Å². The topological polar surface area (TPSA) is 109 Å². The van der Waals surface area contributed by atoms with Crippen LogP contribution in [0.5, 0.6) is 11.5 Å². The summed E-state index contributed by atoms with van der Waals surface area (Å²) in [6.07, 6.45) is 6.15. The number of carbonyl (C=O) groups is 1. The predicted molar refractivity (Wildman–Crippen MR) is 139 cm³/mol. The molecule has 9 nitrogen and oxygen atoms in total. The molecule has 0 aliphatic carbocycles. The summed E-state index contributed by atoms with van der Waals surface area (Å²) in [6.45, 7) is 8.50. The summed E-state index contributed by atoms with van der Waals surface area (Å²) in [4.78, 5) is 22.4. The van der Waals surface area contributed by atoms with E-state index in [1.807, 2.05) is 12.1 Å². The van der Waals surface area contributed by atoms with E-state index in [-0.39, 0.29) is 11.6 Å². The van der Waals surface area contributed by atoms with Crippen LogP contribution in [-0.4, -0.2) is 71.5 Å². The summed E-state index contributed by atoms with van der Waals surface area (Å²) in [5.74, 6) is 1.92. The maximum atomic E-state index is 11.2. The van der Waals surface area contributed by atoms with Crippen LogP contribution < -0.4 is 20.1 Å². The van der Waals surface area contributed by atoms with Crippen LogP contribution in [-0.2, 0) is 6.42 Å². The van der Waals surface area contributed by atoms with Gasteiger partial charge in [-0.3, -0.25) is 0 Å². The summed E-state index contributed by atoms with van der Waals surface area (Å²) in [6, 6.07) is 4.12. The van der Waals surface area contributed by atoms with Crippen LogP contribution in [0.25, 0.3) is 10.9 Å². The molecule has 1 aromatic carbocycles. The number of rotatable bonds is 12. The van der Waals surface area contributed by atoms with E-state index in [1.54, 1.807) is 14.2 Å². The molecule has 0 atom stereocenters. The standard InChI is InChI=1S/C26H41N5O4/c1-6-7-8-9-12-27-24-28-20-16-23(35-5)22(34-4)15-19(20)21(29-24)17-26(2,3)30-18-10-13-31(14-11-18)25(32)33/h15-16,18,30H,6-14,17H2,1-5H3,(H,32,33)(H,27,28,29). The molecule has 2 heterocycles. The van der Waals surface area contributed by atoms with Crippen LogP contribution in [0.4, 0.5) is 10.7 Å². The maximum Gasteiger partial charge on any atom is 0.407 e. The first-order chi connectivity index (χ1) is 16.8. The maximum absolute atomic E-state index is 11.2. The zero-order valence-corrected chi connectivity index (χ0v) is 21.8. The monoisotopic (exact) mass is 487 g/mol. The molecule has 0 radical (unpaired) electrons. The number of ether oxygens (including phenoxy) is 2. The van der Waals surface area contributed by atoms with E-state index in [2.05, 4.69) is 31.4 Å². The molecule has 0 saturated carbocycles. The van der Waals surface area contributed by atoms with Gasteiger partial charge in [-0.2, -0.15) is 0 Å². The van der Waals surface area contributed by atoms with Gasteiger partial charge in [-0.15, -0.1) is 0 Å². The van der Waals surface area contributed by atoms with E-state index >= 15 is 0 Å². The second-order valence-corrected chi connectivity index (χ2v) is 9.95. The second-order valence-electron chi connectivity index (χ2n) is 9.95. The summed E-state index contributed by atoms with van der Waals surface area (Å²) in [5.41, 5.74) is 1.50. The molecular formula is C26H41N5O4. The molecule has 194 valence electrons. The minimum atomic E-state index is -0.839. The second kappa shape index (κ2) is 12.2. The van der Waals surface area contributed by atoms with Crippen LogP contribution in [0.1, 0.15) is 65.0 Å². The van der Waals surface area contributed by atoms with Crippen molar-refractivity contribution < 1.29 is 19.4 Å². The lowest BCUT2D eigenvalue weighted by atomic mass is 9.93. The van der Waals surface area contributed by atoms with Crippen molar-refractivity contribution in [3.05, 3.63) is 17.8 Å². The third kappa shape index (κ3) is 7.34. The van der Waals surface area contributed by atoms with Gasteiger partial charge in [0.15, 0.2) is 11.5 Å². The van der Waals surface area contributed by atoms with E-state index in [1.165, 1.54) is 24.2 Å². The molecule has 1 aliphatic heterocycles. The third-order valence-corrected chi connectivity index (χ3v) is 6.56. The minimum absolute atomic E-state index is 0.247. The highest BCUT2D eigenvalue weighted by Gasteiger charge is 2.29. The Bertz CT molecular complexity index is 989. The SMILES string of the molecule is CCCCCCNc1nc(CC(C)(C)NC2CCN(C(=O)O)CC2)c2cc(OC)c(OC)cc2n1. The van der Waals surface area contributed by atoms with Crippen molar-refractivity contribution in [3.8, 4) is 11.5 Å². The smallest absolute Gasteiger partial charge is 0.407 e. The van der Waals surface area contributed by atoms with Crippen molar-refractivity contribution in [2.45, 2.75) is 77.3 Å². The fourth-order valence-electron chi connectivity index (χ4n) is 4.72. The number of anilines is 1. The van der Waals surface area contributed by atoms with Gasteiger partial charge in [0.2, 0.25) is 5.95 Å². The van der Waals surface area contributed by atoms with E-state index in [0.29, 0.717) is 37.0 Å². The van der Waals surface area contributed by atoms with Gasteiger partial charge in [0, 0.05) is 49.1 Å². The lowest BCUT2D eigenvalue weighted by Crippen LogP contribution is -2.52. The summed E-state index contributed by atoms with van der Waals surface area (Å²) in [7, 11) is 3.26. The lowest BCUT2D eigenvalue weighted by molar-refractivity contribution is 0.125. The van der Waals surface area contributed by atoms with E-state index in [9.17, 15) is 9.90 Å². The number of hydrogen-bond acceptors (Lipinski definition) is 7. The van der Waals surface area contributed by atoms with E-state index in [0.717, 1.165) is 42.4 Å². The van der Waals surface area contributed by atoms with Crippen molar-refractivity contribution in [3.63, 3.8) is 0 Å². The largest absolute Gasteiger partial charge is 0.493 e. The molecule has 3 rings (SSSR count). The highest BCUT2D eigenvalue weighted by Crippen LogP contribution is 2.34. The minimum Gasteiger partial charge on any atom is -0.493 e. The molecule has 35 heavy (non-hydrogen) atoms. The first-order valence-corrected chi connectivity index (χ1v) is 12.7. The number of nitrogens with one attached hydrogen (secondary N) is 2. The number of nitrogens with zero attached hydrogens (tertiary/aromatic N) is 3. The number of piperidine rings is 1. The van der Waals surface area contributed by atoms with Crippen LogP contribution in [0, 0.1) is 0 Å². The number of fused-ring (bicyclic) bond motifs is 1. The Kier molecular flexibility index (Phi) is 9.37. The molecule has 1 amide bonds. The Morgan fingerprint density at radius 3 is 2.43 bits per heavy atom. The Labute approximate surface area is 208 Å². The number of amides is 1. The number of likely N-dealkylation sites (tertiary alicyclic amines) is 1. The van der Waals surface area contributed by atoms with Gasteiger partial charge in [-0.25, -0.2) is 14.8 Å². The first-order valence-electron chi connectivity index (χ1n) is 12.7. The average molecular weight is 488 g/mol. The van der Waals surface area contributed by atoms with Crippen molar-refractivity contribution >= 4 is 22.9 Å². The molecule has 3 N–H and O–H groups in total. The third-order valence-electron chi connectivity index (χ3n) is 6.56. The van der Waals surface area contributed by atoms with Crippen molar-refractivity contribution in [1.82, 2.24) is 20.2 Å². The summed E-state index contributed by atoms with van der Waals surface area (Å²) in [5, 5.41) is 17.3. The van der Waals surface area contributed by atoms with Crippen LogP contribution in [0.3, 0.4) is 0 Å². The van der Waals surface area contributed by atoms with Crippen LogP contribution >= 0.6 is 0 Å². The highest BCUT2D eigenvalue weighted by atomic mass is 16.5. The quantitative estimate of drug-likeness (QED) is 0.370. The van der Waals surface area contributed by atoms with Gasteiger partial charge in [0.25, 0.3) is 0 Å². The number of unbranched alkanes of at least 4 members (excludes halogenated alkanes) is 3. The van der Waals surface area contributed by atoms with Crippen LogP contribution in [0.15, 0.2) is 12.1 Å². The Balaban J connectivity index is 1.82. The van der Waals surface area contributed by atoms with Gasteiger partial charge < -0.3 is 30.1 Å². The van der Waals surface area contributed by atoms with Crippen molar-refractivity contribution in [2.75, 3.05) is 39.2 Å². The summed E-state index contributed by atoms with van der Waals surface area (Å²) >= 11 is 0. The van der Waals surface area contributed by atoms with E-state index in [4.69, 9.17) is 19.4 Å². The molecule has 9 heteroatoms. The number of methoxy groups -OCH3 is 2. The number of hydrogen-bond donors (Lipinski definition) is 3. The Morgan fingerprint density at radius 2 is 1.80 bits per heavy atom. The first kappa shape index (κ1) is 26.8. The van der Waals surface area contributed by atoms with Gasteiger partial charge in [-0.1, -0.05) is 26.2 Å². The molecule has 0 bridgehead atoms. The Hall–Kier alpha value is -2.81. The van der Waals surface area contributed by atoms with Crippen LogP contribution in [0.2, 0.25) is 0 Å². The molecule has 1 saturated heterocycles. The normalized spacial score (nSPS) is 14.8. The molecule has 2 aromatic rings. The fraction of sp³-hybridized carbons (Fsp3) is 0.654. The van der Waals surface area contributed by atoms with Gasteiger partial charge >= 0.3 is 6.09 Å². The number of benzene rings is 1. The summed E-state index contributed by atoms with van der Waals surface area (Å²) < 4.78 is 11.1. The number of aromatic nitrogens is 2. The van der Waals surface area contributed by atoms with Crippen molar-refractivity contribution in [1.29, 1.82) is 0 Å². The predicted octanol–water partition coefficient (Wildman–Crippen LogP) is 4.69. The van der Waals surface area contributed by atoms with Gasteiger partial charge in [-0.05, 0) is 39.2 Å². The van der Waals surface area contributed by atoms with Gasteiger partial charge in [0.05, 0.1) is 25.4 Å². The zero-order valence-electron chi connectivity index (χ0n) is 21.8. The average Bonchev–Trinajstić information content (AvgIpc) is 2.83. The molecular weight excluding hydrogens is 446 g/mol. The highest BCUT2D eigenvalue weighted by molar-refractivity contribution is 5.86. The molecule has 1 aliphatic rings. The molecule has 1 fully saturated rings. The fourth-order valence-corrected chi connectivity index (χ4v) is 4.72. The lowest BCUT2D eigenvalue weighted by Gasteiger charge is -2.37. The zero-order chi connectivity index (χ0) is 25.4. The molecule has 0 unspecified atom stereocenters. The van der Waals surface area contributed by atoms with E-state index < -0.39 is 6.09 Å². The molecule has 1 aromatic heterocycles. The molecule has 0 spiro atoms. The number of carboxylic acid groups (broad SMARTS) is 1. The Morgan fingerprint density at radius 1 is 1.11 bits per heavy atom.